The van der Waals surface area contributed by atoms with Crippen molar-refractivity contribution in [1.82, 2.24) is 4.90 Å². The zero-order valence-corrected chi connectivity index (χ0v) is 13.0. The molecule has 0 aliphatic carbocycles. The maximum atomic E-state index is 10.6. The molecule has 0 saturated heterocycles. The molecule has 0 saturated carbocycles. The summed E-state index contributed by atoms with van der Waals surface area (Å²) in [6.45, 7) is 7.27. The lowest BCUT2D eigenvalue weighted by Gasteiger charge is -2.21. The fraction of sp³-hybridized carbons (Fsp3) is 0.938. The summed E-state index contributed by atoms with van der Waals surface area (Å²) < 4.78 is 0. The van der Waals surface area contributed by atoms with E-state index < -0.39 is 5.97 Å². The average Bonchev–Trinajstić information content (AvgIpc) is 2.39. The van der Waals surface area contributed by atoms with Gasteiger partial charge in [-0.3, -0.25) is 4.79 Å². The Morgan fingerprint density at radius 3 is 1.89 bits per heavy atom. The summed E-state index contributed by atoms with van der Waals surface area (Å²) in [6, 6.07) is 0. The quantitative estimate of drug-likeness (QED) is 0.478. The van der Waals surface area contributed by atoms with Crippen LogP contribution in [0.15, 0.2) is 0 Å². The molecule has 0 bridgehead atoms. The minimum absolute atomic E-state index is 0.278. The smallest absolute Gasteiger partial charge is 0.304 e. The van der Waals surface area contributed by atoms with Crippen molar-refractivity contribution in [3.05, 3.63) is 0 Å². The van der Waals surface area contributed by atoms with Crippen molar-refractivity contribution in [2.75, 3.05) is 19.6 Å². The number of hydrogen-bond donors (Lipinski definition) is 1. The number of nitrogens with zero attached hydrogens (tertiary/aromatic N) is 1. The first kappa shape index (κ1) is 18.4. The van der Waals surface area contributed by atoms with Crippen LogP contribution in [0.25, 0.3) is 0 Å². The second kappa shape index (κ2) is 13.9. The van der Waals surface area contributed by atoms with Crippen LogP contribution in [-0.4, -0.2) is 35.6 Å². The summed E-state index contributed by atoms with van der Waals surface area (Å²) >= 11 is 0. The highest BCUT2D eigenvalue weighted by molar-refractivity contribution is 5.66. The van der Waals surface area contributed by atoms with Gasteiger partial charge < -0.3 is 10.0 Å². The van der Waals surface area contributed by atoms with E-state index in [1.54, 1.807) is 0 Å². The summed E-state index contributed by atoms with van der Waals surface area (Å²) in [6.07, 6.45) is 11.9. The molecule has 3 nitrogen and oxygen atoms in total. The molecule has 0 heterocycles. The van der Waals surface area contributed by atoms with Gasteiger partial charge in [-0.05, 0) is 25.9 Å². The Hall–Kier alpha value is -0.570. The molecular weight excluding hydrogens is 238 g/mol. The fourth-order valence-corrected chi connectivity index (χ4v) is 2.26. The lowest BCUT2D eigenvalue weighted by molar-refractivity contribution is -0.137. The monoisotopic (exact) mass is 271 g/mol. The topological polar surface area (TPSA) is 40.5 Å². The molecule has 0 atom stereocenters. The molecule has 0 unspecified atom stereocenters. The van der Waals surface area contributed by atoms with Crippen LogP contribution in [0.5, 0.6) is 0 Å². The molecular formula is C16H33NO2. The van der Waals surface area contributed by atoms with E-state index in [9.17, 15) is 4.79 Å². The maximum Gasteiger partial charge on any atom is 0.304 e. The molecule has 3 heteroatoms. The summed E-state index contributed by atoms with van der Waals surface area (Å²) in [4.78, 5) is 13.0. The van der Waals surface area contributed by atoms with Gasteiger partial charge in [0.05, 0.1) is 6.42 Å². The third-order valence-corrected chi connectivity index (χ3v) is 3.55. The van der Waals surface area contributed by atoms with Gasteiger partial charge in [0.1, 0.15) is 0 Å². The second-order valence-electron chi connectivity index (χ2n) is 5.46. The predicted octanol–water partition coefficient (Wildman–Crippen LogP) is 4.31. The number of unbranched alkanes of at least 4 members (excludes halogenated alkanes) is 7. The van der Waals surface area contributed by atoms with E-state index in [0.29, 0.717) is 6.54 Å². The highest BCUT2D eigenvalue weighted by Gasteiger charge is 2.06. The Morgan fingerprint density at radius 1 is 0.789 bits per heavy atom. The molecule has 0 spiro atoms. The minimum atomic E-state index is -0.680. The van der Waals surface area contributed by atoms with E-state index in [4.69, 9.17) is 5.11 Å². The first-order valence-corrected chi connectivity index (χ1v) is 8.14. The summed E-state index contributed by atoms with van der Waals surface area (Å²) in [5.74, 6) is -0.680. The van der Waals surface area contributed by atoms with Gasteiger partial charge in [0.2, 0.25) is 0 Å². The van der Waals surface area contributed by atoms with E-state index in [1.807, 2.05) is 0 Å². The molecule has 0 rings (SSSR count). The fourth-order valence-electron chi connectivity index (χ4n) is 2.26. The highest BCUT2D eigenvalue weighted by atomic mass is 16.4. The lowest BCUT2D eigenvalue weighted by atomic mass is 10.1. The summed E-state index contributed by atoms with van der Waals surface area (Å²) in [5.41, 5.74) is 0. The van der Waals surface area contributed by atoms with Crippen molar-refractivity contribution in [1.29, 1.82) is 0 Å². The molecule has 1 N–H and O–H groups in total. The molecule has 114 valence electrons. The SMILES string of the molecule is CCCCCCCCCN(CCCC)CCC(=O)O. The van der Waals surface area contributed by atoms with E-state index in [-0.39, 0.29) is 6.42 Å². The number of hydrogen-bond acceptors (Lipinski definition) is 2. The zero-order valence-electron chi connectivity index (χ0n) is 13.0. The summed E-state index contributed by atoms with van der Waals surface area (Å²) in [5, 5.41) is 8.75. The molecule has 0 aliphatic heterocycles. The number of carbonyl (C=O) groups is 1. The molecule has 0 aromatic carbocycles. The molecule has 0 amide bonds. The lowest BCUT2D eigenvalue weighted by Crippen LogP contribution is -2.28. The standard InChI is InChI=1S/C16H33NO2/c1-3-5-7-8-9-10-11-14-17(13-6-4-2)15-12-16(18)19/h3-15H2,1-2H3,(H,18,19). The van der Waals surface area contributed by atoms with Crippen LogP contribution in [0.1, 0.15) is 78.1 Å². The van der Waals surface area contributed by atoms with Gasteiger partial charge in [-0.15, -0.1) is 0 Å². The Balaban J connectivity index is 3.57. The zero-order chi connectivity index (χ0) is 14.3. The van der Waals surface area contributed by atoms with E-state index >= 15 is 0 Å². The second-order valence-corrected chi connectivity index (χ2v) is 5.46. The van der Waals surface area contributed by atoms with Crippen LogP contribution >= 0.6 is 0 Å². The summed E-state index contributed by atoms with van der Waals surface area (Å²) in [7, 11) is 0. The number of carboxylic acid groups (broad SMARTS) is 1. The molecule has 0 aromatic rings. The highest BCUT2D eigenvalue weighted by Crippen LogP contribution is 2.08. The van der Waals surface area contributed by atoms with Gasteiger partial charge in [0.15, 0.2) is 0 Å². The van der Waals surface area contributed by atoms with Crippen molar-refractivity contribution < 1.29 is 9.90 Å². The van der Waals surface area contributed by atoms with Crippen LogP contribution in [0.4, 0.5) is 0 Å². The number of aliphatic carboxylic acids is 1. The number of rotatable bonds is 14. The maximum absolute atomic E-state index is 10.6. The van der Waals surface area contributed by atoms with Crippen molar-refractivity contribution in [2.45, 2.75) is 78.1 Å². The van der Waals surface area contributed by atoms with Crippen LogP contribution in [-0.2, 0) is 4.79 Å². The van der Waals surface area contributed by atoms with Gasteiger partial charge >= 0.3 is 5.97 Å². The molecule has 0 radical (unpaired) electrons. The predicted molar refractivity (Wildman–Crippen MR) is 81.6 cm³/mol. The van der Waals surface area contributed by atoms with E-state index in [2.05, 4.69) is 18.7 Å². The normalized spacial score (nSPS) is 11.1. The first-order valence-electron chi connectivity index (χ1n) is 8.14. The van der Waals surface area contributed by atoms with Crippen LogP contribution in [0.2, 0.25) is 0 Å². The van der Waals surface area contributed by atoms with Crippen LogP contribution in [0.3, 0.4) is 0 Å². The van der Waals surface area contributed by atoms with Gasteiger partial charge in [-0.1, -0.05) is 58.8 Å². The van der Waals surface area contributed by atoms with Crippen molar-refractivity contribution >= 4 is 5.97 Å². The van der Waals surface area contributed by atoms with E-state index in [1.165, 1.54) is 57.8 Å². The van der Waals surface area contributed by atoms with Crippen molar-refractivity contribution in [3.8, 4) is 0 Å². The van der Waals surface area contributed by atoms with Crippen molar-refractivity contribution in [2.24, 2.45) is 0 Å². The number of carboxylic acids is 1. The Bertz CT molecular complexity index is 207. The minimum Gasteiger partial charge on any atom is -0.481 e. The van der Waals surface area contributed by atoms with Gasteiger partial charge in [0, 0.05) is 6.54 Å². The van der Waals surface area contributed by atoms with E-state index in [0.717, 1.165) is 13.1 Å². The first-order chi connectivity index (χ1) is 9.20. The Kier molecular flexibility index (Phi) is 13.4. The molecule has 19 heavy (non-hydrogen) atoms. The molecule has 0 aromatic heterocycles. The largest absolute Gasteiger partial charge is 0.481 e. The Morgan fingerprint density at radius 2 is 1.32 bits per heavy atom. The van der Waals surface area contributed by atoms with Crippen LogP contribution < -0.4 is 0 Å². The van der Waals surface area contributed by atoms with Gasteiger partial charge in [-0.25, -0.2) is 0 Å². The average molecular weight is 271 g/mol. The van der Waals surface area contributed by atoms with Crippen LogP contribution in [0, 0.1) is 0 Å². The molecule has 0 fully saturated rings. The third-order valence-electron chi connectivity index (χ3n) is 3.55. The van der Waals surface area contributed by atoms with Gasteiger partial charge in [0.25, 0.3) is 0 Å². The van der Waals surface area contributed by atoms with Crippen molar-refractivity contribution in [3.63, 3.8) is 0 Å². The van der Waals surface area contributed by atoms with Gasteiger partial charge in [-0.2, -0.15) is 0 Å². The molecule has 0 aliphatic rings. The third kappa shape index (κ3) is 13.7. The Labute approximate surface area is 119 Å².